The summed E-state index contributed by atoms with van der Waals surface area (Å²) in [5.41, 5.74) is 2.08. The molecule has 0 radical (unpaired) electrons. The lowest BCUT2D eigenvalue weighted by molar-refractivity contribution is 0.102. The maximum atomic E-state index is 12.4. The molecular weight excluding hydrogens is 416 g/mol. The summed E-state index contributed by atoms with van der Waals surface area (Å²) in [6, 6.07) is 9.29. The summed E-state index contributed by atoms with van der Waals surface area (Å²) in [6.07, 6.45) is 3.93. The summed E-state index contributed by atoms with van der Waals surface area (Å²) in [5, 5.41) is 16.5. The Bertz CT molecular complexity index is 1110. The Hall–Kier alpha value is -2.65. The van der Waals surface area contributed by atoms with Crippen LogP contribution in [-0.2, 0) is 6.42 Å². The number of amides is 1. The van der Waals surface area contributed by atoms with Gasteiger partial charge in [-0.3, -0.25) is 9.78 Å². The topological polar surface area (TPSA) is 85.1 Å². The third-order valence-corrected chi connectivity index (χ3v) is 5.09. The highest BCUT2D eigenvalue weighted by molar-refractivity contribution is 9.10. The number of carbonyl (C=O) groups excluding carboxylic acids is 1. The second-order valence-corrected chi connectivity index (χ2v) is 7.37. The number of pyridine rings is 1. The van der Waals surface area contributed by atoms with Crippen LogP contribution in [0.5, 0.6) is 0 Å². The van der Waals surface area contributed by atoms with Gasteiger partial charge in [0.1, 0.15) is 5.01 Å². The fourth-order valence-electron chi connectivity index (χ4n) is 2.46. The second-order valence-electron chi connectivity index (χ2n) is 5.50. The van der Waals surface area contributed by atoms with E-state index < -0.39 is 0 Å². The van der Waals surface area contributed by atoms with Gasteiger partial charge in [0, 0.05) is 34.5 Å². The third-order valence-electron chi connectivity index (χ3n) is 3.71. The van der Waals surface area contributed by atoms with Gasteiger partial charge in [-0.1, -0.05) is 30.4 Å². The van der Waals surface area contributed by atoms with E-state index in [0.29, 0.717) is 11.3 Å². The first-order chi connectivity index (χ1) is 12.6. The average Bonchev–Trinajstić information content (AvgIpc) is 3.22. The van der Waals surface area contributed by atoms with Crippen LogP contribution in [0.25, 0.3) is 15.5 Å². The van der Waals surface area contributed by atoms with E-state index in [9.17, 15) is 4.79 Å². The molecule has 1 aromatic carbocycles. The molecule has 3 heterocycles. The number of hydrogen-bond acceptors (Lipinski definition) is 6. The number of hydrogen-bond donors (Lipinski definition) is 1. The van der Waals surface area contributed by atoms with Gasteiger partial charge in [0.05, 0.1) is 5.56 Å². The van der Waals surface area contributed by atoms with E-state index in [4.69, 9.17) is 0 Å². The van der Waals surface area contributed by atoms with Crippen molar-refractivity contribution in [3.8, 4) is 10.6 Å². The Morgan fingerprint density at radius 3 is 2.96 bits per heavy atom. The quantitative estimate of drug-likeness (QED) is 0.533. The highest BCUT2D eigenvalue weighted by atomic mass is 79.9. The summed E-state index contributed by atoms with van der Waals surface area (Å²) in [7, 11) is 0. The summed E-state index contributed by atoms with van der Waals surface area (Å²) in [4.78, 5) is 17.2. The van der Waals surface area contributed by atoms with E-state index in [2.05, 4.69) is 41.5 Å². The summed E-state index contributed by atoms with van der Waals surface area (Å²) >= 11 is 4.78. The molecule has 0 fully saturated rings. The fraction of sp³-hybridized carbons (Fsp3) is 0.118. The predicted octanol–water partition coefficient (Wildman–Crippen LogP) is 3.83. The van der Waals surface area contributed by atoms with Gasteiger partial charge < -0.3 is 5.32 Å². The SMILES string of the molecule is CCc1nnc2sc(-c3cccc(NC(=O)c4cncc(Br)c4)c3)nn12. The minimum absolute atomic E-state index is 0.220. The number of rotatable bonds is 4. The molecule has 26 heavy (non-hydrogen) atoms. The molecule has 0 aliphatic carbocycles. The van der Waals surface area contributed by atoms with Crippen molar-refractivity contribution in [2.24, 2.45) is 0 Å². The van der Waals surface area contributed by atoms with Crippen molar-refractivity contribution in [3.63, 3.8) is 0 Å². The Balaban J connectivity index is 1.61. The zero-order valence-electron chi connectivity index (χ0n) is 13.7. The number of fused-ring (bicyclic) bond motifs is 1. The van der Waals surface area contributed by atoms with Crippen LogP contribution < -0.4 is 5.32 Å². The highest BCUT2D eigenvalue weighted by Gasteiger charge is 2.13. The number of halogens is 1. The number of aromatic nitrogens is 5. The number of carbonyl (C=O) groups is 1. The van der Waals surface area contributed by atoms with E-state index in [1.54, 1.807) is 16.8 Å². The molecule has 4 rings (SSSR count). The van der Waals surface area contributed by atoms with Gasteiger partial charge in [0.2, 0.25) is 4.96 Å². The molecule has 4 aromatic rings. The normalized spacial score (nSPS) is 11.0. The van der Waals surface area contributed by atoms with Crippen molar-refractivity contribution >= 4 is 43.8 Å². The number of nitrogens with one attached hydrogen (secondary N) is 1. The average molecular weight is 429 g/mol. The minimum Gasteiger partial charge on any atom is -0.322 e. The molecule has 1 amide bonds. The standard InChI is InChI=1S/C17H13BrN6OS/c1-2-14-21-22-17-24(14)23-16(26-17)10-4-3-5-13(7-10)20-15(25)11-6-12(18)9-19-8-11/h3-9H,2H2,1H3,(H,20,25). The second kappa shape index (κ2) is 6.93. The monoisotopic (exact) mass is 428 g/mol. The van der Waals surface area contributed by atoms with Crippen LogP contribution in [0.4, 0.5) is 5.69 Å². The van der Waals surface area contributed by atoms with Crippen LogP contribution >= 0.6 is 27.3 Å². The Morgan fingerprint density at radius 2 is 2.15 bits per heavy atom. The smallest absolute Gasteiger partial charge is 0.257 e. The molecule has 0 spiro atoms. The molecule has 1 N–H and O–H groups in total. The van der Waals surface area contributed by atoms with Crippen LogP contribution in [-0.4, -0.2) is 30.7 Å². The number of benzene rings is 1. The van der Waals surface area contributed by atoms with Crippen LogP contribution in [0.2, 0.25) is 0 Å². The van der Waals surface area contributed by atoms with E-state index >= 15 is 0 Å². The molecule has 0 saturated carbocycles. The lowest BCUT2D eigenvalue weighted by Gasteiger charge is -2.06. The zero-order chi connectivity index (χ0) is 18.1. The van der Waals surface area contributed by atoms with Gasteiger partial charge in [0.15, 0.2) is 5.82 Å². The van der Waals surface area contributed by atoms with Crippen molar-refractivity contribution in [3.05, 3.63) is 58.6 Å². The fourth-order valence-corrected chi connectivity index (χ4v) is 3.68. The molecule has 7 nitrogen and oxygen atoms in total. The molecule has 0 unspecified atom stereocenters. The first-order valence-electron chi connectivity index (χ1n) is 7.87. The number of nitrogens with zero attached hydrogens (tertiary/aromatic N) is 5. The van der Waals surface area contributed by atoms with Gasteiger partial charge in [-0.15, -0.1) is 10.2 Å². The lowest BCUT2D eigenvalue weighted by atomic mass is 10.2. The van der Waals surface area contributed by atoms with Gasteiger partial charge in [0.25, 0.3) is 5.91 Å². The van der Waals surface area contributed by atoms with Gasteiger partial charge in [-0.25, -0.2) is 0 Å². The van der Waals surface area contributed by atoms with Gasteiger partial charge in [-0.2, -0.15) is 9.61 Å². The van der Waals surface area contributed by atoms with Crippen LogP contribution in [0.1, 0.15) is 23.1 Å². The molecule has 0 aliphatic rings. The maximum absolute atomic E-state index is 12.4. The van der Waals surface area contributed by atoms with E-state index in [-0.39, 0.29) is 5.91 Å². The molecular formula is C17H13BrN6OS. The summed E-state index contributed by atoms with van der Waals surface area (Å²) < 4.78 is 2.52. The Kier molecular flexibility index (Phi) is 4.48. The summed E-state index contributed by atoms with van der Waals surface area (Å²) in [6.45, 7) is 2.02. The molecule has 0 bridgehead atoms. The van der Waals surface area contributed by atoms with E-state index in [1.807, 2.05) is 31.2 Å². The Labute approximate surface area is 161 Å². The molecule has 9 heteroatoms. The first-order valence-corrected chi connectivity index (χ1v) is 9.48. The summed E-state index contributed by atoms with van der Waals surface area (Å²) in [5.74, 6) is 0.608. The predicted molar refractivity (Wildman–Crippen MR) is 103 cm³/mol. The lowest BCUT2D eigenvalue weighted by Crippen LogP contribution is -2.12. The molecule has 130 valence electrons. The van der Waals surface area contributed by atoms with Crippen molar-refractivity contribution in [1.29, 1.82) is 0 Å². The van der Waals surface area contributed by atoms with Crippen LogP contribution in [0.3, 0.4) is 0 Å². The van der Waals surface area contributed by atoms with Gasteiger partial charge >= 0.3 is 0 Å². The van der Waals surface area contributed by atoms with Crippen LogP contribution in [0.15, 0.2) is 47.2 Å². The zero-order valence-corrected chi connectivity index (χ0v) is 16.1. The molecule has 3 aromatic heterocycles. The van der Waals surface area contributed by atoms with Crippen molar-refractivity contribution in [2.75, 3.05) is 5.32 Å². The van der Waals surface area contributed by atoms with Crippen LogP contribution in [0, 0.1) is 0 Å². The van der Waals surface area contributed by atoms with E-state index in [1.165, 1.54) is 17.5 Å². The highest BCUT2D eigenvalue weighted by Crippen LogP contribution is 2.27. The molecule has 0 aliphatic heterocycles. The Morgan fingerprint density at radius 1 is 1.27 bits per heavy atom. The first kappa shape index (κ1) is 16.8. The third kappa shape index (κ3) is 3.23. The van der Waals surface area contributed by atoms with Gasteiger partial charge in [-0.05, 0) is 34.1 Å². The minimum atomic E-state index is -0.220. The maximum Gasteiger partial charge on any atom is 0.257 e. The number of aryl methyl sites for hydroxylation is 1. The van der Waals surface area contributed by atoms with Crippen molar-refractivity contribution in [2.45, 2.75) is 13.3 Å². The molecule has 0 atom stereocenters. The largest absolute Gasteiger partial charge is 0.322 e. The van der Waals surface area contributed by atoms with Crippen molar-refractivity contribution in [1.82, 2.24) is 24.8 Å². The van der Waals surface area contributed by atoms with Crippen molar-refractivity contribution < 1.29 is 4.79 Å². The van der Waals surface area contributed by atoms with E-state index in [0.717, 1.165) is 32.2 Å². The number of anilines is 1. The molecule has 0 saturated heterocycles.